The Labute approximate surface area is 56.1 Å². The summed E-state index contributed by atoms with van der Waals surface area (Å²) in [7, 11) is 0. The van der Waals surface area contributed by atoms with Gasteiger partial charge in [0.25, 0.3) is 0 Å². The van der Waals surface area contributed by atoms with E-state index in [4.69, 9.17) is 5.73 Å². The first-order valence-corrected chi connectivity index (χ1v) is 2.92. The van der Waals surface area contributed by atoms with Crippen LogP contribution in [0.25, 0.3) is 0 Å². The van der Waals surface area contributed by atoms with E-state index in [2.05, 4.69) is 4.74 Å². The van der Waals surface area contributed by atoms with Crippen LogP contribution in [-0.4, -0.2) is 25.4 Å². The minimum absolute atomic E-state index is 0.140. The number of nitrogens with two attached hydrogens (primary N) is 1. The lowest BCUT2D eigenvalue weighted by atomic mass is 9.99. The Bertz CT molecular complexity index is 121. The van der Waals surface area contributed by atoms with Gasteiger partial charge >= 0.3 is 6.18 Å². The van der Waals surface area contributed by atoms with E-state index < -0.39 is 18.1 Å². The second kappa shape index (κ2) is 2.39. The van der Waals surface area contributed by atoms with Crippen LogP contribution in [0.1, 0.15) is 0 Å². The Hall–Kier alpha value is -0.290. The number of hydrogen-bond donors (Lipinski definition) is 1. The molecule has 1 fully saturated rings. The SMILES string of the molecule is NC(C1COC1)C(F)(F)F. The van der Waals surface area contributed by atoms with E-state index in [1.54, 1.807) is 0 Å². The van der Waals surface area contributed by atoms with Crippen LogP contribution in [0.4, 0.5) is 13.2 Å². The Balaban J connectivity index is 2.39. The molecule has 0 radical (unpaired) electrons. The molecule has 10 heavy (non-hydrogen) atoms. The van der Waals surface area contributed by atoms with Crippen molar-refractivity contribution in [2.75, 3.05) is 13.2 Å². The predicted octanol–water partition coefficient (Wildman–Crippen LogP) is 0.522. The van der Waals surface area contributed by atoms with Crippen LogP contribution >= 0.6 is 0 Å². The zero-order valence-corrected chi connectivity index (χ0v) is 5.19. The van der Waals surface area contributed by atoms with Gasteiger partial charge in [0.1, 0.15) is 6.04 Å². The molecule has 0 spiro atoms. The fourth-order valence-electron chi connectivity index (χ4n) is 0.729. The molecule has 1 aliphatic rings. The summed E-state index contributed by atoms with van der Waals surface area (Å²) in [6.45, 7) is 0.279. The largest absolute Gasteiger partial charge is 0.404 e. The van der Waals surface area contributed by atoms with Gasteiger partial charge in [-0.3, -0.25) is 0 Å². The number of halogens is 3. The third-order valence-corrected chi connectivity index (χ3v) is 1.55. The van der Waals surface area contributed by atoms with Gasteiger partial charge in [-0.15, -0.1) is 0 Å². The van der Waals surface area contributed by atoms with Crippen molar-refractivity contribution in [3.63, 3.8) is 0 Å². The normalized spacial score (nSPS) is 24.0. The highest BCUT2D eigenvalue weighted by atomic mass is 19.4. The van der Waals surface area contributed by atoms with Crippen LogP contribution in [0.2, 0.25) is 0 Å². The second-order valence-electron chi connectivity index (χ2n) is 2.36. The Morgan fingerprint density at radius 2 is 1.90 bits per heavy atom. The summed E-state index contributed by atoms with van der Waals surface area (Å²) in [5.41, 5.74) is 4.85. The third kappa shape index (κ3) is 1.41. The fraction of sp³-hybridized carbons (Fsp3) is 1.00. The van der Waals surface area contributed by atoms with Gasteiger partial charge in [0.15, 0.2) is 0 Å². The zero-order valence-electron chi connectivity index (χ0n) is 5.19. The van der Waals surface area contributed by atoms with Crippen LogP contribution in [0, 0.1) is 5.92 Å². The number of alkyl halides is 3. The summed E-state index contributed by atoms with van der Waals surface area (Å²) in [5.74, 6) is -0.528. The molecule has 0 aromatic carbocycles. The molecule has 1 saturated heterocycles. The van der Waals surface area contributed by atoms with Gasteiger partial charge in [0.2, 0.25) is 0 Å². The number of ether oxygens (including phenoxy) is 1. The van der Waals surface area contributed by atoms with Gasteiger partial charge in [-0.2, -0.15) is 13.2 Å². The van der Waals surface area contributed by atoms with Crippen LogP contribution in [0.3, 0.4) is 0 Å². The van der Waals surface area contributed by atoms with Crippen molar-refractivity contribution in [1.82, 2.24) is 0 Å². The van der Waals surface area contributed by atoms with Gasteiger partial charge in [-0.05, 0) is 0 Å². The van der Waals surface area contributed by atoms with Gasteiger partial charge in [0, 0.05) is 5.92 Å². The maximum absolute atomic E-state index is 11.7. The van der Waals surface area contributed by atoms with E-state index in [0.29, 0.717) is 0 Å². The molecule has 0 saturated carbocycles. The molecule has 1 aliphatic heterocycles. The fourth-order valence-corrected chi connectivity index (χ4v) is 0.729. The van der Waals surface area contributed by atoms with Crippen molar-refractivity contribution in [1.29, 1.82) is 0 Å². The highest BCUT2D eigenvalue weighted by molar-refractivity contribution is 4.83. The standard InChI is InChI=1S/C5H8F3NO/c6-5(7,8)4(9)3-1-10-2-3/h3-4H,1-2,9H2. The van der Waals surface area contributed by atoms with E-state index in [-0.39, 0.29) is 13.2 Å². The molecule has 1 atom stereocenters. The highest BCUT2D eigenvalue weighted by Gasteiger charge is 2.44. The van der Waals surface area contributed by atoms with Crippen molar-refractivity contribution in [2.24, 2.45) is 11.7 Å². The van der Waals surface area contributed by atoms with Gasteiger partial charge in [0.05, 0.1) is 13.2 Å². The molecule has 1 heterocycles. The minimum Gasteiger partial charge on any atom is -0.381 e. The lowest BCUT2D eigenvalue weighted by Gasteiger charge is -2.32. The molecule has 2 nitrogen and oxygen atoms in total. The first kappa shape index (κ1) is 7.81. The van der Waals surface area contributed by atoms with Crippen molar-refractivity contribution in [3.8, 4) is 0 Å². The molecule has 0 aromatic heterocycles. The van der Waals surface area contributed by atoms with Crippen molar-refractivity contribution in [3.05, 3.63) is 0 Å². The maximum atomic E-state index is 11.7. The monoisotopic (exact) mass is 155 g/mol. The van der Waals surface area contributed by atoms with Crippen molar-refractivity contribution in [2.45, 2.75) is 12.2 Å². The van der Waals surface area contributed by atoms with Crippen molar-refractivity contribution < 1.29 is 17.9 Å². The molecule has 2 N–H and O–H groups in total. The van der Waals surface area contributed by atoms with E-state index in [1.807, 2.05) is 0 Å². The molecule has 5 heteroatoms. The van der Waals surface area contributed by atoms with Crippen LogP contribution in [0.15, 0.2) is 0 Å². The first-order chi connectivity index (χ1) is 4.52. The molecule has 0 bridgehead atoms. The summed E-state index contributed by atoms with van der Waals surface area (Å²) in [5, 5.41) is 0. The average Bonchev–Trinajstić information content (AvgIpc) is 1.57. The zero-order chi connectivity index (χ0) is 7.78. The van der Waals surface area contributed by atoms with Gasteiger partial charge in [-0.1, -0.05) is 0 Å². The highest BCUT2D eigenvalue weighted by Crippen LogP contribution is 2.27. The quantitative estimate of drug-likeness (QED) is 0.599. The summed E-state index contributed by atoms with van der Waals surface area (Å²) in [6, 6.07) is -1.71. The third-order valence-electron chi connectivity index (χ3n) is 1.55. The summed E-state index contributed by atoms with van der Waals surface area (Å²) < 4.78 is 39.8. The summed E-state index contributed by atoms with van der Waals surface area (Å²) in [6.07, 6.45) is -4.27. The minimum atomic E-state index is -4.27. The Kier molecular flexibility index (Phi) is 1.87. The Morgan fingerprint density at radius 1 is 1.40 bits per heavy atom. The lowest BCUT2D eigenvalue weighted by molar-refractivity contribution is -0.187. The molecule has 1 rings (SSSR count). The molecular weight excluding hydrogens is 147 g/mol. The van der Waals surface area contributed by atoms with Crippen LogP contribution in [0.5, 0.6) is 0 Å². The van der Waals surface area contributed by atoms with Crippen molar-refractivity contribution >= 4 is 0 Å². The predicted molar refractivity (Wildman–Crippen MR) is 28.3 cm³/mol. The Morgan fingerprint density at radius 3 is 2.00 bits per heavy atom. The summed E-state index contributed by atoms with van der Waals surface area (Å²) >= 11 is 0. The molecular formula is C5H8F3NO. The number of hydrogen-bond acceptors (Lipinski definition) is 2. The molecule has 0 aromatic rings. The smallest absolute Gasteiger partial charge is 0.381 e. The second-order valence-corrected chi connectivity index (χ2v) is 2.36. The molecule has 60 valence electrons. The van der Waals surface area contributed by atoms with Gasteiger partial charge in [-0.25, -0.2) is 0 Å². The lowest BCUT2D eigenvalue weighted by Crippen LogP contribution is -2.51. The number of rotatable bonds is 1. The van der Waals surface area contributed by atoms with E-state index >= 15 is 0 Å². The average molecular weight is 155 g/mol. The first-order valence-electron chi connectivity index (χ1n) is 2.92. The van der Waals surface area contributed by atoms with Crippen LogP contribution < -0.4 is 5.73 Å². The summed E-state index contributed by atoms with van der Waals surface area (Å²) in [4.78, 5) is 0. The van der Waals surface area contributed by atoms with Gasteiger partial charge < -0.3 is 10.5 Å². The maximum Gasteiger partial charge on any atom is 0.404 e. The molecule has 0 aliphatic carbocycles. The van der Waals surface area contributed by atoms with E-state index in [1.165, 1.54) is 0 Å². The van der Waals surface area contributed by atoms with Crippen LogP contribution in [-0.2, 0) is 4.74 Å². The topological polar surface area (TPSA) is 35.2 Å². The van der Waals surface area contributed by atoms with E-state index in [0.717, 1.165) is 0 Å². The molecule has 1 unspecified atom stereocenters. The van der Waals surface area contributed by atoms with E-state index in [9.17, 15) is 13.2 Å². The molecule has 0 amide bonds.